The summed E-state index contributed by atoms with van der Waals surface area (Å²) in [6, 6.07) is 9.18. The minimum atomic E-state index is -0.782. The molecule has 1 saturated heterocycles. The van der Waals surface area contributed by atoms with Gasteiger partial charge in [-0.05, 0) is 75.4 Å². The third-order valence-corrected chi connectivity index (χ3v) is 8.17. The number of hydrogen-bond donors (Lipinski definition) is 3. The van der Waals surface area contributed by atoms with Crippen molar-refractivity contribution in [2.45, 2.75) is 32.7 Å². The second kappa shape index (κ2) is 21.3. The van der Waals surface area contributed by atoms with E-state index in [-0.39, 0.29) is 12.3 Å². The maximum Gasteiger partial charge on any atom is 0.413 e. The standard InChI is InChI=1S/C34H46Cl2N8O5/c1-24(45)40-20-25-5-10-44(11-6-25)23-26-15-31(27-17-28(35)19-29(36)18-27)41-33(16-26)49-30(21-38-3)22-39-9-14-43(13-8-37-2)12-7-32(46)42-34(47)48-4/h15-19,21-22,25,37H,3,5-14,20,23H2,1-2,4H3,(H,40,45)(H,42,46,47)/b30-21+,39-22-. The second-order valence-corrected chi connectivity index (χ2v) is 12.5. The van der Waals surface area contributed by atoms with Crippen molar-refractivity contribution in [1.82, 2.24) is 30.7 Å². The molecule has 1 fully saturated rings. The number of carbonyl (C=O) groups is 3. The number of allylic oxidation sites excluding steroid dienone is 1. The summed E-state index contributed by atoms with van der Waals surface area (Å²) in [6.45, 7) is 11.1. The molecule has 1 aliphatic rings. The van der Waals surface area contributed by atoms with E-state index in [9.17, 15) is 14.4 Å². The van der Waals surface area contributed by atoms with Gasteiger partial charge in [0.15, 0.2) is 5.76 Å². The first-order chi connectivity index (χ1) is 23.6. The third kappa shape index (κ3) is 15.0. The smallest absolute Gasteiger partial charge is 0.413 e. The molecule has 3 amide bonds. The van der Waals surface area contributed by atoms with Gasteiger partial charge in [0.1, 0.15) is 0 Å². The number of methoxy groups -OCH3 is 1. The van der Waals surface area contributed by atoms with E-state index in [2.05, 4.69) is 47.2 Å². The fourth-order valence-electron chi connectivity index (χ4n) is 5.19. The summed E-state index contributed by atoms with van der Waals surface area (Å²) in [5, 5.41) is 9.20. The summed E-state index contributed by atoms with van der Waals surface area (Å²) in [4.78, 5) is 52.3. The van der Waals surface area contributed by atoms with Gasteiger partial charge < -0.3 is 20.1 Å². The van der Waals surface area contributed by atoms with Crippen LogP contribution in [0, 0.1) is 5.92 Å². The molecule has 0 atom stereocenters. The number of likely N-dealkylation sites (tertiary alicyclic amines) is 1. The lowest BCUT2D eigenvalue weighted by atomic mass is 9.96. The quantitative estimate of drug-likeness (QED) is 0.153. The number of likely N-dealkylation sites (N-methyl/N-ethyl adjacent to an activating group) is 1. The minimum Gasteiger partial charge on any atom is -0.453 e. The van der Waals surface area contributed by atoms with E-state index in [0.717, 1.165) is 37.1 Å². The predicted molar refractivity (Wildman–Crippen MR) is 194 cm³/mol. The van der Waals surface area contributed by atoms with Gasteiger partial charge in [-0.1, -0.05) is 23.2 Å². The Hall–Kier alpha value is -3.88. The minimum absolute atomic E-state index is 0.00320. The highest BCUT2D eigenvalue weighted by Gasteiger charge is 2.20. The van der Waals surface area contributed by atoms with Crippen LogP contribution in [0.5, 0.6) is 5.88 Å². The van der Waals surface area contributed by atoms with Gasteiger partial charge in [0.05, 0.1) is 31.8 Å². The highest BCUT2D eigenvalue weighted by molar-refractivity contribution is 6.35. The molecule has 2 aromatic rings. The summed E-state index contributed by atoms with van der Waals surface area (Å²) in [5.74, 6) is 0.726. The summed E-state index contributed by atoms with van der Waals surface area (Å²) < 4.78 is 10.7. The molecule has 3 N–H and O–H groups in total. The molecular weight excluding hydrogens is 671 g/mol. The number of piperidine rings is 1. The van der Waals surface area contributed by atoms with Crippen LogP contribution < -0.4 is 20.7 Å². The largest absolute Gasteiger partial charge is 0.453 e. The fraction of sp³-hybridized carbons (Fsp3) is 0.471. The molecule has 1 aliphatic heterocycles. The van der Waals surface area contributed by atoms with Gasteiger partial charge in [0.25, 0.3) is 0 Å². The van der Waals surface area contributed by atoms with E-state index in [4.69, 9.17) is 32.9 Å². The number of rotatable bonds is 18. The number of imide groups is 1. The molecule has 3 rings (SSSR count). The van der Waals surface area contributed by atoms with E-state index in [1.54, 1.807) is 31.3 Å². The summed E-state index contributed by atoms with van der Waals surface area (Å²) in [5.41, 5.74) is 2.40. The Bertz CT molecular complexity index is 1460. The zero-order valence-corrected chi connectivity index (χ0v) is 29.9. The topological polar surface area (TPSA) is 150 Å². The Morgan fingerprint density at radius 2 is 1.84 bits per heavy atom. The average Bonchev–Trinajstić information content (AvgIpc) is 3.06. The highest BCUT2D eigenvalue weighted by Crippen LogP contribution is 2.30. The van der Waals surface area contributed by atoms with Crippen LogP contribution in [-0.4, -0.2) is 112 Å². The van der Waals surface area contributed by atoms with E-state index < -0.39 is 12.0 Å². The molecule has 49 heavy (non-hydrogen) atoms. The number of nitrogens with zero attached hydrogens (tertiary/aromatic N) is 5. The van der Waals surface area contributed by atoms with Crippen molar-refractivity contribution in [3.8, 4) is 17.1 Å². The van der Waals surface area contributed by atoms with Crippen LogP contribution in [0.15, 0.2) is 52.3 Å². The first kappa shape index (κ1) is 39.6. The number of aromatic nitrogens is 1. The maximum atomic E-state index is 12.0. The van der Waals surface area contributed by atoms with Crippen LogP contribution in [0.2, 0.25) is 10.0 Å². The molecule has 0 radical (unpaired) electrons. The summed E-state index contributed by atoms with van der Waals surface area (Å²) >= 11 is 12.7. The van der Waals surface area contributed by atoms with Crippen LogP contribution in [0.25, 0.3) is 11.3 Å². The SMILES string of the molecule is C=N/C=C(\C=N/CCN(CCNC)CCC(=O)NC(=O)OC)Oc1cc(CN2CCC(CNC(C)=O)CC2)cc(-c2cc(Cl)cc(Cl)c2)n1. The Labute approximate surface area is 298 Å². The van der Waals surface area contributed by atoms with E-state index in [1.165, 1.54) is 13.3 Å². The van der Waals surface area contributed by atoms with Crippen LogP contribution in [0.3, 0.4) is 0 Å². The van der Waals surface area contributed by atoms with E-state index in [1.807, 2.05) is 19.2 Å². The van der Waals surface area contributed by atoms with E-state index in [0.29, 0.717) is 79.1 Å². The van der Waals surface area contributed by atoms with Crippen molar-refractivity contribution in [3.05, 3.63) is 57.9 Å². The second-order valence-electron chi connectivity index (χ2n) is 11.6. The number of alkyl carbamates (subject to hydrolysis) is 1. The molecule has 0 unspecified atom stereocenters. The molecule has 1 aromatic heterocycles. The fourth-order valence-corrected chi connectivity index (χ4v) is 5.72. The number of nitrogens with one attached hydrogen (secondary N) is 3. The Morgan fingerprint density at radius 1 is 1.10 bits per heavy atom. The van der Waals surface area contributed by atoms with Crippen molar-refractivity contribution in [1.29, 1.82) is 0 Å². The molecule has 0 bridgehead atoms. The number of benzene rings is 1. The zero-order valence-electron chi connectivity index (χ0n) is 28.3. The van der Waals surface area contributed by atoms with Crippen molar-refractivity contribution >= 4 is 54.0 Å². The van der Waals surface area contributed by atoms with Crippen LogP contribution in [-0.2, 0) is 20.9 Å². The molecule has 0 saturated carbocycles. The van der Waals surface area contributed by atoms with E-state index >= 15 is 0 Å². The first-order valence-corrected chi connectivity index (χ1v) is 16.9. The number of ether oxygens (including phenoxy) is 2. The highest BCUT2D eigenvalue weighted by atomic mass is 35.5. The summed E-state index contributed by atoms with van der Waals surface area (Å²) in [7, 11) is 3.06. The average molecular weight is 718 g/mol. The first-order valence-electron chi connectivity index (χ1n) is 16.1. The molecule has 266 valence electrons. The monoisotopic (exact) mass is 716 g/mol. The normalized spacial score (nSPS) is 14.2. The van der Waals surface area contributed by atoms with Crippen LogP contribution in [0.4, 0.5) is 4.79 Å². The maximum absolute atomic E-state index is 12.0. The van der Waals surface area contributed by atoms with Gasteiger partial charge in [0, 0.05) is 74.3 Å². The molecule has 13 nitrogen and oxygen atoms in total. The number of aliphatic imine (C=N–C) groups is 2. The van der Waals surface area contributed by atoms with Crippen LogP contribution >= 0.6 is 23.2 Å². The number of hydrogen-bond acceptors (Lipinski definition) is 11. The van der Waals surface area contributed by atoms with Crippen molar-refractivity contribution in [2.24, 2.45) is 15.9 Å². The van der Waals surface area contributed by atoms with Gasteiger partial charge >= 0.3 is 6.09 Å². The third-order valence-electron chi connectivity index (χ3n) is 7.74. The molecular formula is C34H46Cl2N8O5. The zero-order chi connectivity index (χ0) is 35.6. The Morgan fingerprint density at radius 3 is 2.49 bits per heavy atom. The summed E-state index contributed by atoms with van der Waals surface area (Å²) in [6.07, 6.45) is 4.37. The lowest BCUT2D eigenvalue weighted by Gasteiger charge is -2.32. The van der Waals surface area contributed by atoms with Gasteiger partial charge in [-0.15, -0.1) is 0 Å². The molecule has 2 heterocycles. The van der Waals surface area contributed by atoms with Gasteiger partial charge in [-0.2, -0.15) is 0 Å². The number of pyridine rings is 1. The van der Waals surface area contributed by atoms with Gasteiger partial charge in [-0.25, -0.2) is 9.78 Å². The molecule has 1 aromatic carbocycles. The number of halogens is 2. The molecule has 15 heteroatoms. The van der Waals surface area contributed by atoms with Gasteiger partial charge in [-0.3, -0.25) is 34.7 Å². The predicted octanol–water partition coefficient (Wildman–Crippen LogP) is 4.19. The molecule has 0 spiro atoms. The Balaban J connectivity index is 1.72. The molecule has 0 aliphatic carbocycles. The van der Waals surface area contributed by atoms with Crippen molar-refractivity contribution in [2.75, 3.05) is 66.5 Å². The Kier molecular flexibility index (Phi) is 17.2. The lowest BCUT2D eigenvalue weighted by molar-refractivity contribution is -0.121. The van der Waals surface area contributed by atoms with Crippen molar-refractivity contribution in [3.63, 3.8) is 0 Å². The lowest BCUT2D eigenvalue weighted by Crippen LogP contribution is -2.37. The number of carbonyl (C=O) groups excluding carboxylic acids is 3. The van der Waals surface area contributed by atoms with Crippen LogP contribution in [0.1, 0.15) is 31.7 Å². The number of amides is 3. The van der Waals surface area contributed by atoms with Crippen molar-refractivity contribution < 1.29 is 23.9 Å². The van der Waals surface area contributed by atoms with Gasteiger partial charge in [0.2, 0.25) is 17.7 Å².